The molecule has 6 saturated carbocycles. The van der Waals surface area contributed by atoms with Crippen molar-refractivity contribution in [3.63, 3.8) is 0 Å². The second kappa shape index (κ2) is 5.14. The van der Waals surface area contributed by atoms with Crippen LogP contribution in [0.3, 0.4) is 0 Å². The van der Waals surface area contributed by atoms with Crippen molar-refractivity contribution in [2.45, 2.75) is 77.7 Å². The zero-order valence-electron chi connectivity index (χ0n) is 16.3. The van der Waals surface area contributed by atoms with Crippen LogP contribution in [-0.4, -0.2) is 11.4 Å². The van der Waals surface area contributed by atoms with E-state index < -0.39 is 0 Å². The second-order valence-electron chi connectivity index (χ2n) is 11.1. The van der Waals surface area contributed by atoms with E-state index in [-0.39, 0.29) is 11.4 Å². The van der Waals surface area contributed by atoms with E-state index in [1.54, 1.807) is 0 Å². The highest BCUT2D eigenvalue weighted by Crippen LogP contribution is 2.69. The maximum Gasteiger partial charge on any atom is 0.246 e. The molecule has 0 spiro atoms. The summed E-state index contributed by atoms with van der Waals surface area (Å²) in [7, 11) is 0. The Balaban J connectivity index is 1.54. The fourth-order valence-corrected chi connectivity index (χ4v) is 8.79. The summed E-state index contributed by atoms with van der Waals surface area (Å²) in [4.78, 5) is 12.8. The highest BCUT2D eigenvalue weighted by atomic mass is 16.1. The molecule has 2 heteroatoms. The first kappa shape index (κ1) is 16.4. The van der Waals surface area contributed by atoms with Crippen LogP contribution >= 0.6 is 0 Å². The molecule has 6 bridgehead atoms. The van der Waals surface area contributed by atoms with Gasteiger partial charge >= 0.3 is 0 Å². The van der Waals surface area contributed by atoms with Crippen LogP contribution in [0.5, 0.6) is 0 Å². The van der Waals surface area contributed by atoms with Gasteiger partial charge in [-0.1, -0.05) is 20.4 Å². The second-order valence-corrected chi connectivity index (χ2v) is 11.1. The molecule has 25 heavy (non-hydrogen) atoms. The lowest BCUT2D eigenvalue weighted by atomic mass is 9.41. The van der Waals surface area contributed by atoms with Crippen molar-refractivity contribution in [2.24, 2.45) is 46.8 Å². The van der Waals surface area contributed by atoms with Crippen molar-refractivity contribution in [1.29, 1.82) is 0 Å². The predicted octanol–water partition coefficient (Wildman–Crippen LogP) is 4.95. The van der Waals surface area contributed by atoms with E-state index >= 15 is 0 Å². The predicted molar refractivity (Wildman–Crippen MR) is 101 cm³/mol. The molecule has 0 heterocycles. The van der Waals surface area contributed by atoms with Gasteiger partial charge in [0.25, 0.3) is 0 Å². The maximum atomic E-state index is 12.8. The first-order chi connectivity index (χ1) is 11.8. The number of hydrogen-bond acceptors (Lipinski definition) is 1. The molecular weight excluding hydrogens is 306 g/mol. The van der Waals surface area contributed by atoms with Crippen LogP contribution in [0.4, 0.5) is 0 Å². The average molecular weight is 342 g/mol. The Bertz CT molecular complexity index is 604. The molecule has 6 aliphatic rings. The lowest BCUT2D eigenvalue weighted by Gasteiger charge is -2.67. The number of carbonyl (C=O) groups is 1. The minimum Gasteiger partial charge on any atom is -0.346 e. The molecule has 0 radical (unpaired) electrons. The molecule has 0 aliphatic heterocycles. The van der Waals surface area contributed by atoms with Crippen molar-refractivity contribution >= 4 is 5.91 Å². The first-order valence-electron chi connectivity index (χ1n) is 10.8. The lowest BCUT2D eigenvalue weighted by molar-refractivity contribution is -0.156. The van der Waals surface area contributed by atoms with Gasteiger partial charge in [0.05, 0.1) is 0 Å². The van der Waals surface area contributed by atoms with Gasteiger partial charge in [0.15, 0.2) is 0 Å². The standard InChI is InChI=1S/C23H35NO/c1-13(2)21(25)24-23(20-9-16-8-17(20)5-14(16)3)18-6-15-7-19(23)12-22(4,10-15)11-18/h14-20H,1,5-12H2,2-4H3,(H,24,25). The normalized spacial score (nSPS) is 55.6. The zero-order valence-corrected chi connectivity index (χ0v) is 16.3. The molecule has 0 saturated heterocycles. The van der Waals surface area contributed by atoms with E-state index in [1.807, 2.05) is 6.92 Å². The maximum absolute atomic E-state index is 12.8. The summed E-state index contributed by atoms with van der Waals surface area (Å²) >= 11 is 0. The highest BCUT2D eigenvalue weighted by molar-refractivity contribution is 5.92. The lowest BCUT2D eigenvalue weighted by Crippen LogP contribution is -2.71. The molecule has 0 aromatic rings. The fourth-order valence-electron chi connectivity index (χ4n) is 8.79. The van der Waals surface area contributed by atoms with Crippen LogP contribution in [0.2, 0.25) is 0 Å². The zero-order chi connectivity index (χ0) is 17.6. The number of rotatable bonds is 3. The molecule has 1 amide bonds. The number of fused-ring (bicyclic) bond motifs is 2. The summed E-state index contributed by atoms with van der Waals surface area (Å²) in [6.45, 7) is 10.8. The van der Waals surface area contributed by atoms with Gasteiger partial charge in [0.1, 0.15) is 0 Å². The third-order valence-electron chi connectivity index (χ3n) is 9.39. The van der Waals surface area contributed by atoms with Gasteiger partial charge in [-0.2, -0.15) is 0 Å². The smallest absolute Gasteiger partial charge is 0.246 e. The minimum atomic E-state index is 0.0893. The summed E-state index contributed by atoms with van der Waals surface area (Å²) in [6.07, 6.45) is 11.1. The SMILES string of the molecule is C=C(C)C(=O)NC1(C2CC3CC2CC3C)C2CC3CC1CC(C)(C3)C2. The van der Waals surface area contributed by atoms with E-state index in [4.69, 9.17) is 0 Å². The summed E-state index contributed by atoms with van der Waals surface area (Å²) in [5.74, 6) is 5.90. The molecule has 0 aromatic carbocycles. The van der Waals surface area contributed by atoms with Gasteiger partial charge in [-0.05, 0) is 105 Å². The quantitative estimate of drug-likeness (QED) is 0.723. The first-order valence-corrected chi connectivity index (χ1v) is 10.8. The molecular formula is C23H35NO. The van der Waals surface area contributed by atoms with E-state index in [1.165, 1.54) is 51.4 Å². The monoisotopic (exact) mass is 341 g/mol. The summed E-state index contributed by atoms with van der Waals surface area (Å²) in [5, 5.41) is 3.70. The third kappa shape index (κ3) is 2.18. The van der Waals surface area contributed by atoms with Crippen LogP contribution in [-0.2, 0) is 4.79 Å². The Morgan fingerprint density at radius 3 is 2.16 bits per heavy atom. The van der Waals surface area contributed by atoms with Crippen molar-refractivity contribution in [3.8, 4) is 0 Å². The fraction of sp³-hybridized carbons (Fsp3) is 0.870. The molecule has 1 N–H and O–H groups in total. The molecule has 6 fully saturated rings. The Labute approximate surface area is 153 Å². The molecule has 6 atom stereocenters. The van der Waals surface area contributed by atoms with Crippen molar-refractivity contribution in [1.82, 2.24) is 5.32 Å². The summed E-state index contributed by atoms with van der Waals surface area (Å²) < 4.78 is 0. The van der Waals surface area contributed by atoms with E-state index in [0.29, 0.717) is 22.8 Å². The Hall–Kier alpha value is -0.790. The molecule has 2 nitrogen and oxygen atoms in total. The molecule has 6 aliphatic carbocycles. The molecule has 6 unspecified atom stereocenters. The van der Waals surface area contributed by atoms with E-state index in [0.717, 1.165) is 29.6 Å². The third-order valence-corrected chi connectivity index (χ3v) is 9.39. The van der Waals surface area contributed by atoms with E-state index in [9.17, 15) is 4.79 Å². The van der Waals surface area contributed by atoms with Gasteiger partial charge in [-0.3, -0.25) is 4.79 Å². The number of hydrogen-bond donors (Lipinski definition) is 1. The van der Waals surface area contributed by atoms with Crippen molar-refractivity contribution in [3.05, 3.63) is 12.2 Å². The molecule has 6 rings (SSSR count). The summed E-state index contributed by atoms with van der Waals surface area (Å²) in [5.41, 5.74) is 1.33. The largest absolute Gasteiger partial charge is 0.346 e. The van der Waals surface area contributed by atoms with Crippen LogP contribution in [0.1, 0.15) is 72.1 Å². The Kier molecular flexibility index (Phi) is 3.37. The van der Waals surface area contributed by atoms with E-state index in [2.05, 4.69) is 25.7 Å². The highest BCUT2D eigenvalue weighted by Gasteiger charge is 2.66. The minimum absolute atomic E-state index is 0.0893. The Morgan fingerprint density at radius 1 is 1.00 bits per heavy atom. The van der Waals surface area contributed by atoms with Gasteiger partial charge in [0.2, 0.25) is 5.91 Å². The van der Waals surface area contributed by atoms with Crippen molar-refractivity contribution < 1.29 is 4.79 Å². The van der Waals surface area contributed by atoms with Gasteiger partial charge < -0.3 is 5.32 Å². The van der Waals surface area contributed by atoms with Gasteiger partial charge in [0, 0.05) is 11.1 Å². The van der Waals surface area contributed by atoms with Crippen LogP contribution < -0.4 is 5.32 Å². The average Bonchev–Trinajstić information content (AvgIpc) is 3.08. The Morgan fingerprint density at radius 2 is 1.68 bits per heavy atom. The number of amides is 1. The van der Waals surface area contributed by atoms with Gasteiger partial charge in [-0.25, -0.2) is 0 Å². The number of carbonyl (C=O) groups excluding carboxylic acids is 1. The van der Waals surface area contributed by atoms with Crippen LogP contribution in [0, 0.1) is 46.8 Å². The summed E-state index contributed by atoms with van der Waals surface area (Å²) in [6, 6.07) is 0. The molecule has 138 valence electrons. The van der Waals surface area contributed by atoms with Crippen molar-refractivity contribution in [2.75, 3.05) is 0 Å². The van der Waals surface area contributed by atoms with Crippen LogP contribution in [0.25, 0.3) is 0 Å². The number of nitrogens with one attached hydrogen (secondary N) is 1. The van der Waals surface area contributed by atoms with Gasteiger partial charge in [-0.15, -0.1) is 0 Å². The van der Waals surface area contributed by atoms with Crippen LogP contribution in [0.15, 0.2) is 12.2 Å². The molecule has 0 aromatic heterocycles. The topological polar surface area (TPSA) is 29.1 Å².